The summed E-state index contributed by atoms with van der Waals surface area (Å²) in [4.78, 5) is 57.6. The van der Waals surface area contributed by atoms with Crippen LogP contribution in [0, 0.1) is 17.7 Å². The van der Waals surface area contributed by atoms with E-state index in [0.717, 1.165) is 37.8 Å². The molecule has 2 aliphatic rings. The summed E-state index contributed by atoms with van der Waals surface area (Å²) < 4.78 is 18.5. The molecule has 0 N–H and O–H groups in total. The van der Waals surface area contributed by atoms with E-state index in [1.165, 1.54) is 17.0 Å². The molecular weight excluding hydrogens is 547 g/mol. The van der Waals surface area contributed by atoms with E-state index >= 15 is 0 Å². The Kier molecular flexibility index (Phi) is 7.09. The highest BCUT2D eigenvalue weighted by Crippen LogP contribution is 2.40. The monoisotopic (exact) mass is 570 g/mol. The van der Waals surface area contributed by atoms with Crippen molar-refractivity contribution in [3.05, 3.63) is 94.8 Å². The average Bonchev–Trinajstić information content (AvgIpc) is 3.25. The number of imide groups is 1. The van der Waals surface area contributed by atoms with Crippen LogP contribution in [0.2, 0.25) is 5.02 Å². The second-order valence-electron chi connectivity index (χ2n) is 10.3. The van der Waals surface area contributed by atoms with Gasteiger partial charge in [0.1, 0.15) is 5.82 Å². The maximum absolute atomic E-state index is 13.2. The number of pyridine rings is 1. The predicted molar refractivity (Wildman–Crippen MR) is 151 cm³/mol. The van der Waals surface area contributed by atoms with Gasteiger partial charge >= 0.3 is 5.97 Å². The number of hydrogen-bond acceptors (Lipinski definition) is 6. The molecule has 0 radical (unpaired) electrons. The molecule has 4 aromatic rings. The van der Waals surface area contributed by atoms with Gasteiger partial charge in [0, 0.05) is 21.5 Å². The molecule has 9 heteroatoms. The molecule has 2 fully saturated rings. The fourth-order valence-corrected chi connectivity index (χ4v) is 5.81. The number of rotatable bonds is 6. The van der Waals surface area contributed by atoms with Gasteiger partial charge in [0.05, 0.1) is 34.3 Å². The number of nitrogens with zero attached hydrogens (tertiary/aromatic N) is 2. The van der Waals surface area contributed by atoms with Crippen molar-refractivity contribution in [2.75, 3.05) is 11.5 Å². The number of ketones is 1. The number of carbonyl (C=O) groups excluding carboxylic acids is 4. The van der Waals surface area contributed by atoms with Crippen molar-refractivity contribution in [2.24, 2.45) is 11.8 Å². The number of esters is 1. The van der Waals surface area contributed by atoms with Crippen LogP contribution in [0.3, 0.4) is 0 Å². The Hall–Kier alpha value is -4.43. The summed E-state index contributed by atoms with van der Waals surface area (Å²) in [6.07, 6.45) is 3.39. The van der Waals surface area contributed by atoms with E-state index in [1.54, 1.807) is 48.5 Å². The second-order valence-corrected chi connectivity index (χ2v) is 10.7. The van der Waals surface area contributed by atoms with E-state index in [2.05, 4.69) is 4.98 Å². The van der Waals surface area contributed by atoms with Crippen LogP contribution in [0.1, 0.15) is 46.4 Å². The summed E-state index contributed by atoms with van der Waals surface area (Å²) in [6.45, 7) is -0.529. The van der Waals surface area contributed by atoms with Gasteiger partial charge in [-0.1, -0.05) is 36.6 Å². The summed E-state index contributed by atoms with van der Waals surface area (Å²) in [5.74, 6) is -2.47. The number of amides is 2. The quantitative estimate of drug-likeness (QED) is 0.151. The molecule has 1 saturated carbocycles. The van der Waals surface area contributed by atoms with E-state index in [0.29, 0.717) is 32.9 Å². The Morgan fingerprint density at radius 2 is 1.56 bits per heavy atom. The number of anilines is 1. The van der Waals surface area contributed by atoms with Crippen molar-refractivity contribution in [1.82, 2.24) is 4.98 Å². The molecule has 1 aromatic heterocycles. The Labute approximate surface area is 239 Å². The van der Waals surface area contributed by atoms with E-state index in [1.807, 2.05) is 0 Å². The Balaban J connectivity index is 1.28. The fraction of sp³-hybridized carbons (Fsp3) is 0.219. The Morgan fingerprint density at radius 3 is 2.22 bits per heavy atom. The molecule has 1 aliphatic heterocycles. The summed E-state index contributed by atoms with van der Waals surface area (Å²) in [6, 6.07) is 18.4. The van der Waals surface area contributed by atoms with Crippen LogP contribution < -0.4 is 4.90 Å². The average molecular weight is 571 g/mol. The molecule has 3 aromatic carbocycles. The minimum absolute atomic E-state index is 0.145. The number of halogens is 2. The lowest BCUT2D eigenvalue weighted by Crippen LogP contribution is -2.30. The zero-order valence-electron chi connectivity index (χ0n) is 21.8. The SMILES string of the molecule is O=C(COC(=O)c1cc(-c2ccc(N3C(=O)C4CCCCC4C3=O)cc2)nc2ccc(Cl)cc12)c1ccc(F)cc1. The molecule has 7 nitrogen and oxygen atoms in total. The highest BCUT2D eigenvalue weighted by molar-refractivity contribution is 6.31. The van der Waals surface area contributed by atoms with Crippen molar-refractivity contribution >= 4 is 51.8 Å². The molecule has 0 spiro atoms. The lowest BCUT2D eigenvalue weighted by Gasteiger charge is -2.19. The summed E-state index contributed by atoms with van der Waals surface area (Å²) in [5.41, 5.74) is 2.48. The van der Waals surface area contributed by atoms with Crippen molar-refractivity contribution in [1.29, 1.82) is 0 Å². The minimum atomic E-state index is -0.746. The first-order valence-electron chi connectivity index (χ1n) is 13.3. The minimum Gasteiger partial charge on any atom is -0.454 e. The molecule has 0 bridgehead atoms. The largest absolute Gasteiger partial charge is 0.454 e. The third-order valence-electron chi connectivity index (χ3n) is 7.75. The maximum Gasteiger partial charge on any atom is 0.339 e. The van der Waals surface area contributed by atoms with Gasteiger partial charge in [-0.15, -0.1) is 0 Å². The molecule has 2 atom stereocenters. The fourth-order valence-electron chi connectivity index (χ4n) is 5.64. The van der Waals surface area contributed by atoms with E-state index in [-0.39, 0.29) is 34.8 Å². The van der Waals surface area contributed by atoms with Crippen LogP contribution >= 0.6 is 11.6 Å². The van der Waals surface area contributed by atoms with Gasteiger partial charge in [-0.05, 0) is 73.5 Å². The molecule has 1 aliphatic carbocycles. The van der Waals surface area contributed by atoms with Crippen molar-refractivity contribution in [2.45, 2.75) is 25.7 Å². The number of aromatic nitrogens is 1. The number of Topliss-reactive ketones (excluding diaryl/α,β-unsaturated/α-hetero) is 1. The second kappa shape index (κ2) is 10.9. The highest BCUT2D eigenvalue weighted by atomic mass is 35.5. The maximum atomic E-state index is 13.2. The third-order valence-corrected chi connectivity index (χ3v) is 7.99. The number of benzene rings is 3. The summed E-state index contributed by atoms with van der Waals surface area (Å²) >= 11 is 6.20. The van der Waals surface area contributed by atoms with Crippen LogP contribution in [-0.2, 0) is 14.3 Å². The lowest BCUT2D eigenvalue weighted by molar-refractivity contribution is -0.122. The van der Waals surface area contributed by atoms with Crippen LogP contribution in [-0.4, -0.2) is 35.2 Å². The Bertz CT molecular complexity index is 1680. The van der Waals surface area contributed by atoms with E-state index < -0.39 is 24.2 Å². The van der Waals surface area contributed by atoms with Gasteiger partial charge in [0.15, 0.2) is 12.4 Å². The van der Waals surface area contributed by atoms with E-state index in [4.69, 9.17) is 16.3 Å². The molecule has 2 unspecified atom stereocenters. The van der Waals surface area contributed by atoms with Gasteiger partial charge in [0.2, 0.25) is 11.8 Å². The first kappa shape index (κ1) is 26.8. The van der Waals surface area contributed by atoms with Gasteiger partial charge in [-0.2, -0.15) is 0 Å². The molecule has 41 heavy (non-hydrogen) atoms. The zero-order valence-corrected chi connectivity index (χ0v) is 22.6. The van der Waals surface area contributed by atoms with Crippen molar-refractivity contribution in [3.8, 4) is 11.3 Å². The smallest absolute Gasteiger partial charge is 0.339 e. The van der Waals surface area contributed by atoms with Gasteiger partial charge < -0.3 is 4.74 Å². The third kappa shape index (κ3) is 5.11. The standard InChI is InChI=1S/C32H24ClFN2O5/c33-20-9-14-27-25(15-20)26(32(40)41-17-29(37)19-5-10-21(34)11-6-19)16-28(35-27)18-7-12-22(13-8-18)36-30(38)23-3-1-2-4-24(23)31(36)39/h5-16,23-24H,1-4,17H2. The molecule has 2 amide bonds. The Morgan fingerprint density at radius 1 is 0.902 bits per heavy atom. The normalized spacial score (nSPS) is 18.4. The molecule has 6 rings (SSSR count). The van der Waals surface area contributed by atoms with Gasteiger partial charge in [0.25, 0.3) is 0 Å². The van der Waals surface area contributed by atoms with Crippen LogP contribution in [0.4, 0.5) is 10.1 Å². The van der Waals surface area contributed by atoms with Crippen molar-refractivity contribution < 1.29 is 28.3 Å². The first-order valence-corrected chi connectivity index (χ1v) is 13.7. The first-order chi connectivity index (χ1) is 19.8. The van der Waals surface area contributed by atoms with Gasteiger partial charge in [-0.3, -0.25) is 19.3 Å². The van der Waals surface area contributed by atoms with Crippen LogP contribution in [0.25, 0.3) is 22.2 Å². The lowest BCUT2D eigenvalue weighted by atomic mass is 9.81. The zero-order chi connectivity index (χ0) is 28.7. The number of carbonyl (C=O) groups is 4. The van der Waals surface area contributed by atoms with Crippen molar-refractivity contribution in [3.63, 3.8) is 0 Å². The highest BCUT2D eigenvalue weighted by Gasteiger charge is 2.48. The summed E-state index contributed by atoms with van der Waals surface area (Å²) in [7, 11) is 0. The topological polar surface area (TPSA) is 93.6 Å². The molecule has 206 valence electrons. The number of fused-ring (bicyclic) bond motifs is 2. The molecule has 1 saturated heterocycles. The number of hydrogen-bond donors (Lipinski definition) is 0. The summed E-state index contributed by atoms with van der Waals surface area (Å²) in [5, 5.41) is 0.848. The predicted octanol–water partition coefficient (Wildman–Crippen LogP) is 6.41. The molecular formula is C32H24ClFN2O5. The van der Waals surface area contributed by atoms with Crippen LogP contribution in [0.5, 0.6) is 0 Å². The van der Waals surface area contributed by atoms with Gasteiger partial charge in [-0.25, -0.2) is 14.2 Å². The van der Waals surface area contributed by atoms with E-state index in [9.17, 15) is 23.6 Å². The number of ether oxygens (including phenoxy) is 1. The van der Waals surface area contributed by atoms with Crippen LogP contribution in [0.15, 0.2) is 72.8 Å². The molecule has 2 heterocycles.